The van der Waals surface area contributed by atoms with E-state index >= 15 is 0 Å². The molecule has 0 saturated carbocycles. The predicted octanol–water partition coefficient (Wildman–Crippen LogP) is 2.25. The van der Waals surface area contributed by atoms with Crippen LogP contribution in [0.3, 0.4) is 0 Å². The molecule has 1 aliphatic rings. The van der Waals surface area contributed by atoms with Crippen molar-refractivity contribution in [1.82, 2.24) is 13.9 Å². The van der Waals surface area contributed by atoms with Crippen molar-refractivity contribution in [2.45, 2.75) is 38.3 Å². The predicted molar refractivity (Wildman–Crippen MR) is 99.2 cm³/mol. The Morgan fingerprint density at radius 1 is 1.31 bits per heavy atom. The number of hydrogen-bond donors (Lipinski definition) is 1. The van der Waals surface area contributed by atoms with Crippen LogP contribution in [0.25, 0.3) is 0 Å². The fourth-order valence-corrected chi connectivity index (χ4v) is 4.49. The van der Waals surface area contributed by atoms with Gasteiger partial charge in [-0.2, -0.15) is 4.31 Å². The summed E-state index contributed by atoms with van der Waals surface area (Å²) in [5, 5.41) is 2.92. The maximum atomic E-state index is 12.8. The molecule has 8 heteroatoms. The molecule has 1 N–H and O–H groups in total. The zero-order chi connectivity index (χ0) is 18.7. The number of anilines is 1. The van der Waals surface area contributed by atoms with Crippen LogP contribution in [0.5, 0.6) is 0 Å². The van der Waals surface area contributed by atoms with E-state index in [2.05, 4.69) is 10.3 Å². The van der Waals surface area contributed by atoms with Gasteiger partial charge in [0.1, 0.15) is 0 Å². The lowest BCUT2D eigenvalue weighted by Crippen LogP contribution is -2.43. The minimum absolute atomic E-state index is 0.0407. The average molecular weight is 376 g/mol. The highest BCUT2D eigenvalue weighted by Crippen LogP contribution is 2.24. The third-order valence-corrected chi connectivity index (χ3v) is 6.40. The second-order valence-electron chi connectivity index (χ2n) is 6.60. The smallest absolute Gasteiger partial charge is 0.262 e. The Morgan fingerprint density at radius 2 is 2.04 bits per heavy atom. The third-order valence-electron chi connectivity index (χ3n) is 4.65. The molecular weight excluding hydrogens is 352 g/mol. The first-order chi connectivity index (χ1) is 12.4. The summed E-state index contributed by atoms with van der Waals surface area (Å²) in [6.07, 6.45) is 4.37. The van der Waals surface area contributed by atoms with Crippen molar-refractivity contribution in [3.63, 3.8) is 0 Å². The van der Waals surface area contributed by atoms with E-state index in [1.165, 1.54) is 16.8 Å². The number of aryl methyl sites for hydroxylation is 2. The first-order valence-electron chi connectivity index (χ1n) is 8.79. The van der Waals surface area contributed by atoms with E-state index in [0.717, 1.165) is 11.3 Å². The van der Waals surface area contributed by atoms with Gasteiger partial charge >= 0.3 is 0 Å². The summed E-state index contributed by atoms with van der Waals surface area (Å²) in [6.45, 7) is 5.15. The lowest BCUT2D eigenvalue weighted by Gasteiger charge is -2.30. The van der Waals surface area contributed by atoms with Crippen LogP contribution >= 0.6 is 0 Å². The number of imidazole rings is 1. The van der Waals surface area contributed by atoms with Gasteiger partial charge in [-0.15, -0.1) is 0 Å². The van der Waals surface area contributed by atoms with Gasteiger partial charge < -0.3 is 9.88 Å². The number of sulfonamides is 1. The van der Waals surface area contributed by atoms with Crippen LogP contribution in [0.2, 0.25) is 0 Å². The number of rotatable bonds is 5. The van der Waals surface area contributed by atoms with E-state index in [1.807, 2.05) is 38.1 Å². The van der Waals surface area contributed by atoms with Gasteiger partial charge in [-0.05, 0) is 38.8 Å². The lowest BCUT2D eigenvalue weighted by atomic mass is 9.98. The van der Waals surface area contributed by atoms with E-state index in [1.54, 1.807) is 4.57 Å². The van der Waals surface area contributed by atoms with Gasteiger partial charge in [0.05, 0.1) is 12.2 Å². The maximum absolute atomic E-state index is 12.8. The highest BCUT2D eigenvalue weighted by atomic mass is 32.2. The van der Waals surface area contributed by atoms with Gasteiger partial charge in [0.2, 0.25) is 5.91 Å². The number of nitrogens with one attached hydrogen (secondary N) is 1. The molecule has 1 fully saturated rings. The maximum Gasteiger partial charge on any atom is 0.262 e. The Bertz CT molecular complexity index is 874. The Hall–Kier alpha value is -2.19. The van der Waals surface area contributed by atoms with Crippen molar-refractivity contribution in [3.05, 3.63) is 42.4 Å². The molecule has 26 heavy (non-hydrogen) atoms. The molecule has 140 valence electrons. The zero-order valence-electron chi connectivity index (χ0n) is 15.1. The van der Waals surface area contributed by atoms with Crippen molar-refractivity contribution in [1.29, 1.82) is 0 Å². The quantitative estimate of drug-likeness (QED) is 0.867. The van der Waals surface area contributed by atoms with E-state index in [9.17, 15) is 13.2 Å². The number of benzene rings is 1. The van der Waals surface area contributed by atoms with Gasteiger partial charge in [0.25, 0.3) is 10.0 Å². The minimum Gasteiger partial charge on any atom is -0.336 e. The monoisotopic (exact) mass is 376 g/mol. The highest BCUT2D eigenvalue weighted by Gasteiger charge is 2.34. The van der Waals surface area contributed by atoms with Gasteiger partial charge in [-0.25, -0.2) is 13.4 Å². The molecule has 7 nitrogen and oxygen atoms in total. The van der Waals surface area contributed by atoms with Gasteiger partial charge in [0, 0.05) is 31.5 Å². The van der Waals surface area contributed by atoms with Crippen LogP contribution < -0.4 is 5.32 Å². The number of piperidine rings is 1. The molecule has 1 atom stereocenters. The Labute approximate surface area is 154 Å². The topological polar surface area (TPSA) is 84.3 Å². The molecule has 0 spiro atoms. The summed E-state index contributed by atoms with van der Waals surface area (Å²) in [4.78, 5) is 16.6. The second-order valence-corrected chi connectivity index (χ2v) is 8.48. The fourth-order valence-electron chi connectivity index (χ4n) is 3.03. The SMILES string of the molecule is CCn1cnc(S(=O)(=O)N2CCCC(C(=O)Nc3ccc(C)cc3)C2)c1. The fraction of sp³-hybridized carbons (Fsp3) is 0.444. The molecule has 2 heterocycles. The molecule has 1 amide bonds. The van der Waals surface area contributed by atoms with Crippen LogP contribution in [0, 0.1) is 12.8 Å². The van der Waals surface area contributed by atoms with E-state index in [0.29, 0.717) is 25.9 Å². The first kappa shape index (κ1) is 18.6. The van der Waals surface area contributed by atoms with Crippen LogP contribution in [0.1, 0.15) is 25.3 Å². The number of hydrogen-bond acceptors (Lipinski definition) is 4. The molecule has 1 aliphatic heterocycles. The summed E-state index contributed by atoms with van der Waals surface area (Å²) in [5.74, 6) is -0.513. The minimum atomic E-state index is -3.67. The van der Waals surface area contributed by atoms with Crippen LogP contribution in [-0.2, 0) is 21.4 Å². The molecule has 1 unspecified atom stereocenters. The molecular formula is C18H24N4O3S. The number of amides is 1. The Kier molecular flexibility index (Phi) is 5.43. The number of nitrogens with zero attached hydrogens (tertiary/aromatic N) is 3. The van der Waals surface area contributed by atoms with Gasteiger partial charge in [-0.3, -0.25) is 4.79 Å². The first-order valence-corrected chi connectivity index (χ1v) is 10.2. The van der Waals surface area contributed by atoms with Gasteiger partial charge in [0.15, 0.2) is 5.03 Å². The van der Waals surface area contributed by atoms with E-state index < -0.39 is 10.0 Å². The summed E-state index contributed by atoms with van der Waals surface area (Å²) in [5.41, 5.74) is 1.84. The van der Waals surface area contributed by atoms with Crippen molar-refractivity contribution in [2.75, 3.05) is 18.4 Å². The number of aromatic nitrogens is 2. The number of carbonyl (C=O) groups is 1. The summed E-state index contributed by atoms with van der Waals surface area (Å²) in [7, 11) is -3.67. The zero-order valence-corrected chi connectivity index (χ0v) is 15.9. The summed E-state index contributed by atoms with van der Waals surface area (Å²) in [6, 6.07) is 7.55. The molecule has 1 aromatic heterocycles. The average Bonchev–Trinajstić information content (AvgIpc) is 3.14. The Morgan fingerprint density at radius 3 is 2.69 bits per heavy atom. The van der Waals surface area contributed by atoms with Crippen molar-refractivity contribution < 1.29 is 13.2 Å². The molecule has 0 aliphatic carbocycles. The molecule has 0 bridgehead atoms. The van der Waals surface area contributed by atoms with Crippen LogP contribution in [0.15, 0.2) is 41.8 Å². The standard InChI is InChI=1S/C18H24N4O3S/c1-3-21-12-17(19-13-21)26(24,25)22-10-4-5-15(11-22)18(23)20-16-8-6-14(2)7-9-16/h6-9,12-13,15H,3-5,10-11H2,1-2H3,(H,20,23). The molecule has 1 aromatic carbocycles. The number of carbonyl (C=O) groups excluding carboxylic acids is 1. The van der Waals surface area contributed by atoms with E-state index in [-0.39, 0.29) is 23.4 Å². The molecule has 1 saturated heterocycles. The second kappa shape index (κ2) is 7.59. The highest BCUT2D eigenvalue weighted by molar-refractivity contribution is 7.89. The summed E-state index contributed by atoms with van der Waals surface area (Å²) >= 11 is 0. The largest absolute Gasteiger partial charge is 0.336 e. The lowest BCUT2D eigenvalue weighted by molar-refractivity contribution is -0.120. The third kappa shape index (κ3) is 3.96. The van der Waals surface area contributed by atoms with Crippen molar-refractivity contribution >= 4 is 21.6 Å². The molecule has 2 aromatic rings. The van der Waals surface area contributed by atoms with Crippen LogP contribution in [-0.4, -0.2) is 41.3 Å². The molecule has 3 rings (SSSR count). The van der Waals surface area contributed by atoms with Crippen molar-refractivity contribution in [2.24, 2.45) is 5.92 Å². The van der Waals surface area contributed by atoms with Crippen LogP contribution in [0.4, 0.5) is 5.69 Å². The normalized spacial score (nSPS) is 18.6. The molecule has 0 radical (unpaired) electrons. The van der Waals surface area contributed by atoms with Crippen molar-refractivity contribution in [3.8, 4) is 0 Å². The Balaban J connectivity index is 1.70. The van der Waals surface area contributed by atoms with E-state index in [4.69, 9.17) is 0 Å². The summed E-state index contributed by atoms with van der Waals surface area (Å²) < 4.78 is 28.7. The van der Waals surface area contributed by atoms with Gasteiger partial charge in [-0.1, -0.05) is 17.7 Å².